The van der Waals surface area contributed by atoms with Crippen molar-refractivity contribution in [1.29, 1.82) is 0 Å². The molecule has 186 valence electrons. The van der Waals surface area contributed by atoms with Crippen LogP contribution < -0.4 is 26.4 Å². The molecule has 3 aliphatic rings. The van der Waals surface area contributed by atoms with E-state index < -0.39 is 0 Å². The Hall–Kier alpha value is -3.82. The average molecular weight is 485 g/mol. The lowest BCUT2D eigenvalue weighted by Gasteiger charge is -2.43. The van der Waals surface area contributed by atoms with Crippen LogP contribution in [0.2, 0.25) is 0 Å². The van der Waals surface area contributed by atoms with Crippen LogP contribution in [0.1, 0.15) is 36.6 Å². The molecule has 6 rings (SSSR count). The maximum atomic E-state index is 5.24. The summed E-state index contributed by atoms with van der Waals surface area (Å²) < 4.78 is 5.24. The largest absolute Gasteiger partial charge is 0.497 e. The van der Waals surface area contributed by atoms with Gasteiger partial charge in [0.15, 0.2) is 0 Å². The van der Waals surface area contributed by atoms with Crippen molar-refractivity contribution < 1.29 is 4.74 Å². The fraction of sp³-hybridized carbons (Fsp3) is 0.333. The summed E-state index contributed by atoms with van der Waals surface area (Å²) in [6.45, 7) is 9.53. The minimum absolute atomic E-state index is 0.413. The maximum Gasteiger partial charge on any atom is 0.227 e. The van der Waals surface area contributed by atoms with Gasteiger partial charge in [-0.3, -0.25) is 4.90 Å². The summed E-state index contributed by atoms with van der Waals surface area (Å²) >= 11 is 0. The zero-order chi connectivity index (χ0) is 24.6. The fourth-order valence-electron chi connectivity index (χ4n) is 5.45. The summed E-state index contributed by atoms with van der Waals surface area (Å²) in [7, 11) is 1.67. The summed E-state index contributed by atoms with van der Waals surface area (Å²) in [5.41, 5.74) is 16.8. The number of benzene rings is 2. The van der Waals surface area contributed by atoms with E-state index in [1.807, 2.05) is 30.5 Å². The van der Waals surface area contributed by atoms with Gasteiger partial charge >= 0.3 is 0 Å². The van der Waals surface area contributed by atoms with Crippen molar-refractivity contribution in [3.8, 4) is 5.75 Å². The normalized spacial score (nSPS) is 20.8. The van der Waals surface area contributed by atoms with Crippen LogP contribution in [-0.2, 0) is 13.1 Å². The number of likely N-dealkylation sites (tertiary alicyclic amines) is 1. The van der Waals surface area contributed by atoms with Crippen molar-refractivity contribution in [2.75, 3.05) is 29.8 Å². The molecule has 1 saturated heterocycles. The van der Waals surface area contributed by atoms with E-state index in [-0.39, 0.29) is 0 Å². The Kier molecular flexibility index (Phi) is 5.86. The van der Waals surface area contributed by atoms with Crippen molar-refractivity contribution in [3.63, 3.8) is 0 Å². The Morgan fingerprint density at radius 1 is 1.11 bits per heavy atom. The number of hydrogen-bond donors (Lipinski definition) is 4. The summed E-state index contributed by atoms with van der Waals surface area (Å²) in [5, 5.41) is 3.31. The molecule has 9 nitrogen and oxygen atoms in total. The van der Waals surface area contributed by atoms with Gasteiger partial charge in [0, 0.05) is 54.9 Å². The fourth-order valence-corrected chi connectivity index (χ4v) is 5.45. The first kappa shape index (κ1) is 22.6. The summed E-state index contributed by atoms with van der Waals surface area (Å²) in [6.07, 6.45) is 4.18. The van der Waals surface area contributed by atoms with Gasteiger partial charge in [-0.1, -0.05) is 12.6 Å². The molecule has 9 heteroatoms. The number of aromatic nitrogens is 2. The van der Waals surface area contributed by atoms with Crippen molar-refractivity contribution in [3.05, 3.63) is 72.1 Å². The average Bonchev–Trinajstić information content (AvgIpc) is 3.55. The number of piperidine rings is 1. The van der Waals surface area contributed by atoms with E-state index in [4.69, 9.17) is 9.72 Å². The monoisotopic (exact) mass is 484 g/mol. The number of hydrazine groups is 2. The van der Waals surface area contributed by atoms with Crippen LogP contribution in [0, 0.1) is 0 Å². The standard InChI is InChI=1S/C27H32N8O/c1-17-12-22(10-11-35(17)18(2)19-4-9-24-25(13-19)32-33-31-24)34-15-20-14-28-27(30-26(20)16-34)29-21-5-7-23(36-3)8-6-21/h4-9,13-14,17,22,31-33H,2,10-12,15-16H2,1,3H3,(H,28,29,30)/t17-,22-/m1/s1. The number of nitrogens with zero attached hydrogens (tertiary/aromatic N) is 4. The second-order valence-electron chi connectivity index (χ2n) is 9.73. The number of hydrogen-bond acceptors (Lipinski definition) is 9. The van der Waals surface area contributed by atoms with Crippen molar-refractivity contribution in [1.82, 2.24) is 25.3 Å². The SMILES string of the molecule is C=C(c1ccc2c(c1)NNN2)N1CC[C@@H](N2Cc3cnc(Nc4ccc(OC)cc4)nc3C2)C[C@H]1C. The van der Waals surface area contributed by atoms with Gasteiger partial charge in [0.25, 0.3) is 0 Å². The zero-order valence-corrected chi connectivity index (χ0v) is 20.7. The van der Waals surface area contributed by atoms with Crippen LogP contribution in [0.15, 0.2) is 55.2 Å². The molecule has 0 aliphatic carbocycles. The minimum Gasteiger partial charge on any atom is -0.497 e. The smallest absolute Gasteiger partial charge is 0.227 e. The molecule has 0 saturated carbocycles. The molecular weight excluding hydrogens is 452 g/mol. The highest BCUT2D eigenvalue weighted by Crippen LogP contribution is 2.35. The lowest BCUT2D eigenvalue weighted by atomic mass is 9.95. The zero-order valence-electron chi connectivity index (χ0n) is 20.7. The van der Waals surface area contributed by atoms with Gasteiger partial charge in [-0.05, 0) is 61.7 Å². The van der Waals surface area contributed by atoms with E-state index in [1.165, 1.54) is 5.56 Å². The van der Waals surface area contributed by atoms with Gasteiger partial charge in [-0.2, -0.15) is 0 Å². The predicted octanol–water partition coefficient (Wildman–Crippen LogP) is 4.33. The Morgan fingerprint density at radius 3 is 2.75 bits per heavy atom. The third kappa shape index (κ3) is 4.31. The molecule has 2 aromatic carbocycles. The van der Waals surface area contributed by atoms with Gasteiger partial charge < -0.3 is 25.8 Å². The molecule has 3 aromatic rings. The predicted molar refractivity (Wildman–Crippen MR) is 143 cm³/mol. The highest BCUT2D eigenvalue weighted by atomic mass is 16.5. The Morgan fingerprint density at radius 2 is 1.94 bits per heavy atom. The third-order valence-corrected chi connectivity index (χ3v) is 7.49. The van der Waals surface area contributed by atoms with Crippen LogP contribution in [0.25, 0.3) is 5.70 Å². The third-order valence-electron chi connectivity index (χ3n) is 7.49. The van der Waals surface area contributed by atoms with Crippen LogP contribution in [-0.4, -0.2) is 45.5 Å². The second kappa shape index (κ2) is 9.33. The lowest BCUT2D eigenvalue weighted by molar-refractivity contribution is 0.102. The first-order valence-corrected chi connectivity index (χ1v) is 12.4. The quantitative estimate of drug-likeness (QED) is 0.408. The molecule has 1 aromatic heterocycles. The van der Waals surface area contributed by atoms with Gasteiger partial charge in [0.2, 0.25) is 5.95 Å². The number of ether oxygens (including phenoxy) is 1. The molecule has 0 bridgehead atoms. The number of fused-ring (bicyclic) bond motifs is 2. The van der Waals surface area contributed by atoms with Crippen LogP contribution in [0.3, 0.4) is 0 Å². The molecule has 0 unspecified atom stereocenters. The lowest BCUT2D eigenvalue weighted by Crippen LogP contribution is -2.46. The van der Waals surface area contributed by atoms with Gasteiger partial charge in [0.05, 0.1) is 24.2 Å². The molecule has 4 heterocycles. The molecule has 0 amide bonds. The Balaban J connectivity index is 1.08. The molecule has 4 N–H and O–H groups in total. The minimum atomic E-state index is 0.413. The van der Waals surface area contributed by atoms with Gasteiger partial charge in [-0.25, -0.2) is 9.97 Å². The van der Waals surface area contributed by atoms with E-state index in [0.717, 1.165) is 72.2 Å². The van der Waals surface area contributed by atoms with E-state index in [2.05, 4.69) is 68.2 Å². The number of anilines is 4. The van der Waals surface area contributed by atoms with Crippen molar-refractivity contribution in [2.24, 2.45) is 0 Å². The summed E-state index contributed by atoms with van der Waals surface area (Å²) in [5.74, 6) is 1.46. The van der Waals surface area contributed by atoms with E-state index in [1.54, 1.807) is 7.11 Å². The summed E-state index contributed by atoms with van der Waals surface area (Å²) in [4.78, 5) is 14.4. The van der Waals surface area contributed by atoms with Gasteiger partial charge in [0.1, 0.15) is 5.75 Å². The van der Waals surface area contributed by atoms with Gasteiger partial charge in [-0.15, -0.1) is 5.53 Å². The van der Waals surface area contributed by atoms with E-state index >= 15 is 0 Å². The van der Waals surface area contributed by atoms with E-state index in [9.17, 15) is 0 Å². The molecule has 36 heavy (non-hydrogen) atoms. The molecule has 2 atom stereocenters. The second-order valence-corrected chi connectivity index (χ2v) is 9.73. The van der Waals surface area contributed by atoms with Crippen LogP contribution in [0.5, 0.6) is 5.75 Å². The van der Waals surface area contributed by atoms with Crippen LogP contribution in [0.4, 0.5) is 23.0 Å². The maximum absolute atomic E-state index is 5.24. The number of methoxy groups -OCH3 is 1. The first-order valence-electron chi connectivity index (χ1n) is 12.4. The van der Waals surface area contributed by atoms with E-state index in [0.29, 0.717) is 18.0 Å². The number of rotatable bonds is 6. The van der Waals surface area contributed by atoms with Crippen molar-refractivity contribution in [2.45, 2.75) is 44.9 Å². The molecule has 0 radical (unpaired) electrons. The first-order chi connectivity index (χ1) is 17.6. The summed E-state index contributed by atoms with van der Waals surface area (Å²) in [6, 6.07) is 15.1. The number of nitrogens with one attached hydrogen (secondary N) is 4. The molecule has 0 spiro atoms. The molecule has 3 aliphatic heterocycles. The van der Waals surface area contributed by atoms with Crippen LogP contribution >= 0.6 is 0 Å². The Bertz CT molecular complexity index is 1280. The highest BCUT2D eigenvalue weighted by Gasteiger charge is 2.34. The topological polar surface area (TPSA) is 89.6 Å². The molecule has 1 fully saturated rings. The van der Waals surface area contributed by atoms with Crippen molar-refractivity contribution >= 4 is 28.7 Å². The Labute approximate surface area is 211 Å². The molecular formula is C27H32N8O. The highest BCUT2D eigenvalue weighted by molar-refractivity contribution is 5.77.